The minimum Gasteiger partial charge on any atom is -0.457 e. The molecule has 2 aromatic rings. The van der Waals surface area contributed by atoms with Crippen molar-refractivity contribution in [2.75, 3.05) is 41.4 Å². The summed E-state index contributed by atoms with van der Waals surface area (Å²) >= 11 is 0. The largest absolute Gasteiger partial charge is 0.457 e. The molecule has 15 heteroatoms. The van der Waals surface area contributed by atoms with Crippen molar-refractivity contribution in [2.45, 2.75) is 63.7 Å². The van der Waals surface area contributed by atoms with E-state index >= 15 is 0 Å². The van der Waals surface area contributed by atoms with Gasteiger partial charge in [0.15, 0.2) is 9.81 Å². The number of ether oxygens (including phenoxy) is 2. The van der Waals surface area contributed by atoms with Gasteiger partial charge < -0.3 is 23.4 Å². The van der Waals surface area contributed by atoms with Crippen molar-refractivity contribution in [1.29, 1.82) is 0 Å². The van der Waals surface area contributed by atoms with E-state index in [1.807, 2.05) is 26.2 Å². The fourth-order valence-corrected chi connectivity index (χ4v) is 15.1. The first-order valence-electron chi connectivity index (χ1n) is 17.4. The lowest BCUT2D eigenvalue weighted by Crippen LogP contribution is -2.48. The molecule has 2 rings (SSSR count). The normalized spacial score (nSPS) is 14.0. The predicted octanol–water partition coefficient (Wildman–Crippen LogP) is 7.12. The molecule has 0 aliphatic rings. The fourth-order valence-electron chi connectivity index (χ4n) is 4.98. The Bertz CT molecular complexity index is 1970. The third-order valence-electron chi connectivity index (χ3n) is 8.96. The van der Waals surface area contributed by atoms with Gasteiger partial charge >= 0.3 is 11.9 Å². The predicted molar refractivity (Wildman–Crippen MR) is 224 cm³/mol. The lowest BCUT2D eigenvalue weighted by atomic mass is 10.2. The molecular weight excluding hydrogens is 773 g/mol. The van der Waals surface area contributed by atoms with Gasteiger partial charge in [0.05, 0.1) is 9.79 Å². The van der Waals surface area contributed by atoms with E-state index in [1.54, 1.807) is 114 Å². The number of carbonyl (C=O) groups is 2. The average Bonchev–Trinajstić information content (AvgIpc) is 3.09. The van der Waals surface area contributed by atoms with Gasteiger partial charge in [0.2, 0.25) is 36.3 Å². The number of benzene rings is 2. The number of esters is 2. The molecule has 0 atom stereocenters. The van der Waals surface area contributed by atoms with Crippen LogP contribution >= 0.6 is 0 Å². The van der Waals surface area contributed by atoms with Crippen LogP contribution in [0, 0.1) is 0 Å². The van der Waals surface area contributed by atoms with E-state index in [1.165, 1.54) is 24.3 Å². The smallest absolute Gasteiger partial charge is 0.350 e. The Hall–Kier alpha value is -4.29. The summed E-state index contributed by atoms with van der Waals surface area (Å²) in [5.74, 6) is -2.05. The van der Waals surface area contributed by atoms with Crippen LogP contribution in [0.4, 0.5) is 0 Å². The topological polar surface area (TPSA) is 137 Å². The molecule has 55 heavy (non-hydrogen) atoms. The van der Waals surface area contributed by atoms with Crippen LogP contribution in [0.1, 0.15) is 27.7 Å². The average molecular weight is 829 g/mol. The van der Waals surface area contributed by atoms with Gasteiger partial charge in [-0.1, -0.05) is 49.6 Å². The molecule has 11 nitrogen and oxygen atoms in total. The summed E-state index contributed by atoms with van der Waals surface area (Å²) in [6.07, 6.45) is 3.22. The molecule has 0 amide bonds. The van der Waals surface area contributed by atoms with Gasteiger partial charge in [-0.25, -0.2) is 26.4 Å². The number of nitrogens with zero attached hydrogens (tertiary/aromatic N) is 2. The molecule has 2 aromatic carbocycles. The summed E-state index contributed by atoms with van der Waals surface area (Å²) in [6.45, 7) is 21.8. The van der Waals surface area contributed by atoms with Gasteiger partial charge in [-0.2, -0.15) is 0 Å². The first-order chi connectivity index (χ1) is 25.3. The summed E-state index contributed by atoms with van der Waals surface area (Å²) in [6, 6.07) is 15.3. The molecule has 0 spiro atoms. The molecule has 0 saturated carbocycles. The highest BCUT2D eigenvalue weighted by atomic mass is 32.2. The van der Waals surface area contributed by atoms with Gasteiger partial charge in [-0.3, -0.25) is 0 Å². The molecule has 0 bridgehead atoms. The fraction of sp³-hybridized carbons (Fsp3) is 0.350. The van der Waals surface area contributed by atoms with E-state index in [0.29, 0.717) is 10.4 Å². The van der Waals surface area contributed by atoms with Gasteiger partial charge in [0.1, 0.15) is 13.2 Å². The van der Waals surface area contributed by atoms with Crippen molar-refractivity contribution in [3.63, 3.8) is 0 Å². The van der Waals surface area contributed by atoms with Crippen molar-refractivity contribution in [1.82, 2.24) is 9.80 Å². The van der Waals surface area contributed by atoms with Crippen molar-refractivity contribution in [3.05, 3.63) is 129 Å². The van der Waals surface area contributed by atoms with Crippen LogP contribution in [0.15, 0.2) is 139 Å². The quantitative estimate of drug-likeness (QED) is 0.0658. The maximum Gasteiger partial charge on any atom is 0.350 e. The van der Waals surface area contributed by atoms with Gasteiger partial charge in [-0.15, -0.1) is 0 Å². The van der Waals surface area contributed by atoms with Crippen LogP contribution in [-0.4, -0.2) is 96.6 Å². The molecule has 0 heterocycles. The molecule has 0 aromatic heterocycles. The Morgan fingerprint density at radius 1 is 0.600 bits per heavy atom. The molecule has 0 N–H and O–H groups in total. The van der Waals surface area contributed by atoms with Crippen molar-refractivity contribution in [3.8, 4) is 0 Å². The number of hydrogen-bond acceptors (Lipinski definition) is 11. The summed E-state index contributed by atoms with van der Waals surface area (Å²) in [4.78, 5) is 29.8. The summed E-state index contributed by atoms with van der Waals surface area (Å²) < 4.78 is 72.9. The second-order valence-corrected chi connectivity index (χ2v) is 26.5. The van der Waals surface area contributed by atoms with Crippen molar-refractivity contribution in [2.24, 2.45) is 0 Å². The highest BCUT2D eigenvalue weighted by Crippen LogP contribution is 2.29. The first kappa shape index (κ1) is 46.9. The lowest BCUT2D eigenvalue weighted by molar-refractivity contribution is -0.138. The van der Waals surface area contributed by atoms with E-state index in [4.69, 9.17) is 13.6 Å². The van der Waals surface area contributed by atoms with Crippen molar-refractivity contribution < 1.29 is 40.0 Å². The Morgan fingerprint density at radius 3 is 1.16 bits per heavy atom. The van der Waals surface area contributed by atoms with Gasteiger partial charge in [-0.05, 0) is 112 Å². The number of hydrogen-bond donors (Lipinski definition) is 0. The molecule has 0 aliphatic heterocycles. The minimum atomic E-state index is -4.25. The third kappa shape index (κ3) is 12.4. The number of sulfone groups is 2. The van der Waals surface area contributed by atoms with E-state index in [-0.39, 0.29) is 34.2 Å². The molecule has 0 radical (unpaired) electrons. The van der Waals surface area contributed by atoms with E-state index in [2.05, 4.69) is 13.2 Å². The Morgan fingerprint density at radius 2 is 0.891 bits per heavy atom. The molecule has 0 fully saturated rings. The van der Waals surface area contributed by atoms with E-state index < -0.39 is 58.1 Å². The minimum absolute atomic E-state index is 0.0448. The first-order valence-corrected chi connectivity index (χ1v) is 26.2. The van der Waals surface area contributed by atoms with Crippen LogP contribution in [0.3, 0.4) is 0 Å². The summed E-state index contributed by atoms with van der Waals surface area (Å²) in [5, 5.41) is 0.941. The molecule has 0 unspecified atom stereocenters. The van der Waals surface area contributed by atoms with Crippen LogP contribution in [0.25, 0.3) is 0 Å². The molecular formula is C40H56N2O9S2Si2. The maximum absolute atomic E-state index is 13.7. The van der Waals surface area contributed by atoms with Crippen LogP contribution in [-0.2, 0) is 42.9 Å². The summed E-state index contributed by atoms with van der Waals surface area (Å²) in [5.41, 5.74) is 1.89. The highest BCUT2D eigenvalue weighted by molar-refractivity contribution is 7.96. The number of allylic oxidation sites excluding steroid dienone is 6. The van der Waals surface area contributed by atoms with Gasteiger partial charge in [0.25, 0.3) is 0 Å². The zero-order chi connectivity index (χ0) is 42.1. The van der Waals surface area contributed by atoms with Gasteiger partial charge in [0, 0.05) is 39.6 Å². The lowest BCUT2D eigenvalue weighted by Gasteiger charge is -2.36. The van der Waals surface area contributed by atoms with Crippen molar-refractivity contribution >= 4 is 48.2 Å². The highest BCUT2D eigenvalue weighted by Gasteiger charge is 2.39. The molecule has 0 aliphatic carbocycles. The standard InChI is InChI=1S/C40H56N2O9S2Si2/c1-29(25-31(3)41(7)8)37(52(45,46)35-21-17-15-18-22-35)39(43)49-27-33(5)54(11,12)51-55(13,14)34(6)28-50-40(44)38(30(2)26-32(4)42(9)10)53(47,48)36-23-19-16-20-24-36/h15-26H,5-6,27-28H2,1-4,7-14H3. The van der Waals surface area contributed by atoms with Crippen LogP contribution in [0.2, 0.25) is 26.2 Å². The van der Waals surface area contributed by atoms with E-state index in [9.17, 15) is 26.4 Å². The SMILES string of the molecule is C=C(COC(=O)C(=C(C)C=C(C)N(C)C)S(=O)(=O)c1ccccc1)[Si](C)(C)O[Si](C)(C)C(=C)COC(=O)C(=C(C)C=C(C)N(C)C)S(=O)(=O)c1ccccc1. The summed E-state index contributed by atoms with van der Waals surface area (Å²) in [7, 11) is -7.08. The second kappa shape index (κ2) is 19.0. The Kier molecular flexibility index (Phi) is 16.2. The maximum atomic E-state index is 13.7. The number of rotatable bonds is 18. The monoisotopic (exact) mass is 828 g/mol. The Balaban J connectivity index is 2.31. The Labute approximate surface area is 330 Å². The van der Waals surface area contributed by atoms with Crippen LogP contribution < -0.4 is 0 Å². The second-order valence-electron chi connectivity index (χ2n) is 14.5. The van der Waals surface area contributed by atoms with Crippen LogP contribution in [0.5, 0.6) is 0 Å². The zero-order valence-corrected chi connectivity index (χ0v) is 37.8. The molecule has 0 saturated heterocycles. The molecule has 300 valence electrons. The van der Waals surface area contributed by atoms with E-state index in [0.717, 1.165) is 11.4 Å². The zero-order valence-electron chi connectivity index (χ0n) is 34.1. The third-order valence-corrected chi connectivity index (χ3v) is 20.6. The number of carbonyl (C=O) groups excluding carboxylic acids is 2.